The SMILES string of the molecule is CC(C)(C)C(=O)N[C@@H](C(=O)O)[C@@H]1C=CCO1. The van der Waals surface area contributed by atoms with E-state index in [1.807, 2.05) is 0 Å². The zero-order chi connectivity index (χ0) is 12.3. The van der Waals surface area contributed by atoms with E-state index >= 15 is 0 Å². The zero-order valence-electron chi connectivity index (χ0n) is 9.69. The molecule has 1 aliphatic heterocycles. The molecule has 5 nitrogen and oxygen atoms in total. The Morgan fingerprint density at radius 2 is 2.12 bits per heavy atom. The van der Waals surface area contributed by atoms with E-state index in [9.17, 15) is 9.59 Å². The molecule has 1 rings (SSSR count). The van der Waals surface area contributed by atoms with Gasteiger partial charge in [0.2, 0.25) is 5.91 Å². The maximum Gasteiger partial charge on any atom is 0.329 e. The van der Waals surface area contributed by atoms with Crippen LogP contribution >= 0.6 is 0 Å². The second kappa shape index (κ2) is 4.65. The standard InChI is InChI=1S/C11H17NO4/c1-11(2,3)10(15)12-8(9(13)14)7-5-4-6-16-7/h4-5,7-8H,6H2,1-3H3,(H,12,15)(H,13,14)/t7-,8+/m0/s1. The van der Waals surface area contributed by atoms with Crippen molar-refractivity contribution in [2.75, 3.05) is 6.61 Å². The van der Waals surface area contributed by atoms with Crippen LogP contribution in [0.2, 0.25) is 0 Å². The van der Waals surface area contributed by atoms with Gasteiger partial charge in [-0.2, -0.15) is 0 Å². The van der Waals surface area contributed by atoms with Crippen molar-refractivity contribution in [1.82, 2.24) is 5.32 Å². The Bertz CT molecular complexity index is 316. The van der Waals surface area contributed by atoms with Gasteiger partial charge < -0.3 is 15.2 Å². The molecule has 0 saturated heterocycles. The summed E-state index contributed by atoms with van der Waals surface area (Å²) < 4.78 is 5.18. The highest BCUT2D eigenvalue weighted by molar-refractivity contribution is 5.87. The van der Waals surface area contributed by atoms with Gasteiger partial charge in [0.05, 0.1) is 6.61 Å². The largest absolute Gasteiger partial charge is 0.480 e. The van der Waals surface area contributed by atoms with Gasteiger partial charge in [-0.3, -0.25) is 4.79 Å². The highest BCUT2D eigenvalue weighted by atomic mass is 16.5. The molecule has 16 heavy (non-hydrogen) atoms. The van der Waals surface area contributed by atoms with E-state index < -0.39 is 23.5 Å². The van der Waals surface area contributed by atoms with Crippen molar-refractivity contribution in [3.63, 3.8) is 0 Å². The number of ether oxygens (including phenoxy) is 1. The average molecular weight is 227 g/mol. The second-order valence-electron chi connectivity index (χ2n) is 4.77. The topological polar surface area (TPSA) is 75.6 Å². The Balaban J connectivity index is 2.69. The average Bonchev–Trinajstić information content (AvgIpc) is 2.63. The molecular formula is C11H17NO4. The Labute approximate surface area is 94.5 Å². The van der Waals surface area contributed by atoms with Crippen LogP contribution in [0.4, 0.5) is 0 Å². The molecule has 0 fully saturated rings. The first-order valence-corrected chi connectivity index (χ1v) is 5.14. The fraction of sp³-hybridized carbons (Fsp3) is 0.636. The quantitative estimate of drug-likeness (QED) is 0.691. The van der Waals surface area contributed by atoms with Gasteiger partial charge in [0.25, 0.3) is 0 Å². The number of rotatable bonds is 3. The Hall–Kier alpha value is -1.36. The van der Waals surface area contributed by atoms with Crippen LogP contribution < -0.4 is 5.32 Å². The van der Waals surface area contributed by atoms with Crippen LogP contribution in [0, 0.1) is 5.41 Å². The molecule has 0 bridgehead atoms. The fourth-order valence-electron chi connectivity index (χ4n) is 1.26. The van der Waals surface area contributed by atoms with Crippen molar-refractivity contribution in [2.24, 2.45) is 5.41 Å². The first-order valence-electron chi connectivity index (χ1n) is 5.14. The molecule has 1 aliphatic rings. The van der Waals surface area contributed by atoms with Crippen molar-refractivity contribution < 1.29 is 19.4 Å². The Morgan fingerprint density at radius 3 is 2.50 bits per heavy atom. The number of carbonyl (C=O) groups excluding carboxylic acids is 1. The third-order valence-electron chi connectivity index (χ3n) is 2.27. The van der Waals surface area contributed by atoms with E-state index in [-0.39, 0.29) is 5.91 Å². The second-order valence-corrected chi connectivity index (χ2v) is 4.77. The lowest BCUT2D eigenvalue weighted by molar-refractivity contribution is -0.146. The Morgan fingerprint density at radius 1 is 1.50 bits per heavy atom. The summed E-state index contributed by atoms with van der Waals surface area (Å²) in [6.07, 6.45) is 2.81. The number of carboxylic acid groups (broad SMARTS) is 1. The lowest BCUT2D eigenvalue weighted by Crippen LogP contribution is -2.51. The minimum atomic E-state index is -1.09. The summed E-state index contributed by atoms with van der Waals surface area (Å²) in [7, 11) is 0. The summed E-state index contributed by atoms with van der Waals surface area (Å²) >= 11 is 0. The van der Waals surface area contributed by atoms with Crippen LogP contribution in [0.3, 0.4) is 0 Å². The Kier molecular flexibility index (Phi) is 3.70. The van der Waals surface area contributed by atoms with E-state index in [1.54, 1.807) is 32.9 Å². The predicted molar refractivity (Wildman–Crippen MR) is 57.9 cm³/mol. The van der Waals surface area contributed by atoms with Crippen molar-refractivity contribution in [2.45, 2.75) is 32.9 Å². The molecule has 5 heteroatoms. The highest BCUT2D eigenvalue weighted by Crippen LogP contribution is 2.15. The molecule has 90 valence electrons. The molecule has 0 saturated carbocycles. The highest BCUT2D eigenvalue weighted by Gasteiger charge is 2.33. The van der Waals surface area contributed by atoms with Crippen LogP contribution in [0.15, 0.2) is 12.2 Å². The van der Waals surface area contributed by atoms with Gasteiger partial charge in [0.15, 0.2) is 6.04 Å². The molecule has 0 spiro atoms. The normalized spacial score (nSPS) is 21.8. The number of hydrogen-bond acceptors (Lipinski definition) is 3. The molecule has 1 amide bonds. The van der Waals surface area contributed by atoms with Crippen LogP contribution in [-0.2, 0) is 14.3 Å². The molecule has 0 aromatic rings. The van der Waals surface area contributed by atoms with Crippen LogP contribution in [0.5, 0.6) is 0 Å². The van der Waals surface area contributed by atoms with Crippen molar-refractivity contribution in [3.05, 3.63) is 12.2 Å². The van der Waals surface area contributed by atoms with Gasteiger partial charge in [-0.1, -0.05) is 32.9 Å². The molecule has 2 N–H and O–H groups in total. The van der Waals surface area contributed by atoms with Gasteiger partial charge in [-0.05, 0) is 0 Å². The summed E-state index contributed by atoms with van der Waals surface area (Å²) in [5.74, 6) is -1.39. The van der Waals surface area contributed by atoms with Crippen molar-refractivity contribution >= 4 is 11.9 Å². The van der Waals surface area contributed by atoms with E-state index in [0.717, 1.165) is 0 Å². The van der Waals surface area contributed by atoms with Gasteiger partial charge in [0, 0.05) is 5.41 Å². The predicted octanol–water partition coefficient (Wildman–Crippen LogP) is 0.557. The van der Waals surface area contributed by atoms with E-state index in [1.165, 1.54) is 0 Å². The van der Waals surface area contributed by atoms with E-state index in [2.05, 4.69) is 5.32 Å². The zero-order valence-corrected chi connectivity index (χ0v) is 9.69. The third kappa shape index (κ3) is 3.06. The summed E-state index contributed by atoms with van der Waals surface area (Å²) in [6, 6.07) is -1.02. The monoisotopic (exact) mass is 227 g/mol. The fourth-order valence-corrected chi connectivity index (χ4v) is 1.26. The molecule has 0 aromatic heterocycles. The number of hydrogen-bond donors (Lipinski definition) is 2. The molecule has 0 unspecified atom stereocenters. The summed E-state index contributed by atoms with van der Waals surface area (Å²) in [5, 5.41) is 11.5. The molecule has 1 heterocycles. The minimum Gasteiger partial charge on any atom is -0.480 e. The summed E-state index contributed by atoms with van der Waals surface area (Å²) in [4.78, 5) is 22.7. The number of amides is 1. The number of nitrogens with one attached hydrogen (secondary N) is 1. The van der Waals surface area contributed by atoms with Gasteiger partial charge in [0.1, 0.15) is 6.10 Å². The van der Waals surface area contributed by atoms with Crippen LogP contribution in [-0.4, -0.2) is 35.7 Å². The van der Waals surface area contributed by atoms with Gasteiger partial charge in [-0.25, -0.2) is 4.79 Å². The first-order chi connectivity index (χ1) is 7.32. The van der Waals surface area contributed by atoms with Crippen molar-refractivity contribution in [3.8, 4) is 0 Å². The third-order valence-corrected chi connectivity index (χ3v) is 2.27. The van der Waals surface area contributed by atoms with Gasteiger partial charge >= 0.3 is 5.97 Å². The molecular weight excluding hydrogens is 210 g/mol. The van der Waals surface area contributed by atoms with E-state index in [0.29, 0.717) is 6.61 Å². The molecule has 0 radical (unpaired) electrons. The lowest BCUT2D eigenvalue weighted by atomic mass is 9.95. The molecule has 0 aromatic carbocycles. The summed E-state index contributed by atoms with van der Waals surface area (Å²) in [6.45, 7) is 5.58. The molecule has 0 aliphatic carbocycles. The number of carbonyl (C=O) groups is 2. The lowest BCUT2D eigenvalue weighted by Gasteiger charge is -2.24. The van der Waals surface area contributed by atoms with Crippen LogP contribution in [0.25, 0.3) is 0 Å². The first kappa shape index (κ1) is 12.7. The van der Waals surface area contributed by atoms with Crippen LogP contribution in [0.1, 0.15) is 20.8 Å². The van der Waals surface area contributed by atoms with Crippen molar-refractivity contribution in [1.29, 1.82) is 0 Å². The number of carboxylic acids is 1. The summed E-state index contributed by atoms with van der Waals surface area (Å²) in [5.41, 5.74) is -0.615. The smallest absolute Gasteiger partial charge is 0.329 e. The van der Waals surface area contributed by atoms with E-state index in [4.69, 9.17) is 9.84 Å². The maximum absolute atomic E-state index is 11.7. The molecule has 2 atom stereocenters. The maximum atomic E-state index is 11.7. The number of aliphatic carboxylic acids is 1. The minimum absolute atomic E-state index is 0.302. The van der Waals surface area contributed by atoms with Gasteiger partial charge in [-0.15, -0.1) is 0 Å².